The van der Waals surface area contributed by atoms with Gasteiger partial charge in [0.2, 0.25) is 0 Å². The average molecular weight is 315 g/mol. The Hall–Kier alpha value is -3.01. The highest BCUT2D eigenvalue weighted by atomic mass is 16.2. The Morgan fingerprint density at radius 1 is 1.04 bits per heavy atom. The molecule has 0 bridgehead atoms. The molecule has 2 heterocycles. The van der Waals surface area contributed by atoms with Gasteiger partial charge >= 0.3 is 0 Å². The number of benzene rings is 2. The number of hydrogen-bond acceptors (Lipinski definition) is 3. The minimum absolute atomic E-state index is 0.0590. The Balaban J connectivity index is 1.59. The van der Waals surface area contributed by atoms with Crippen molar-refractivity contribution in [3.05, 3.63) is 78.4 Å². The molecule has 4 heteroatoms. The van der Waals surface area contributed by atoms with Crippen molar-refractivity contribution in [3.63, 3.8) is 0 Å². The highest BCUT2D eigenvalue weighted by molar-refractivity contribution is 5.95. The molecule has 4 nitrogen and oxygen atoms in total. The molecule has 3 aromatic rings. The monoisotopic (exact) mass is 315 g/mol. The zero-order valence-electron chi connectivity index (χ0n) is 13.2. The van der Waals surface area contributed by atoms with Gasteiger partial charge in [-0.25, -0.2) is 4.98 Å². The van der Waals surface area contributed by atoms with E-state index in [-0.39, 0.29) is 5.91 Å². The van der Waals surface area contributed by atoms with Gasteiger partial charge in [-0.1, -0.05) is 48.5 Å². The molecular weight excluding hydrogens is 298 g/mol. The molecule has 1 aromatic heterocycles. The average Bonchev–Trinajstić information content (AvgIpc) is 2.68. The van der Waals surface area contributed by atoms with Crippen LogP contribution in [0, 0.1) is 0 Å². The molecule has 0 N–H and O–H groups in total. The van der Waals surface area contributed by atoms with Crippen molar-refractivity contribution in [1.29, 1.82) is 0 Å². The van der Waals surface area contributed by atoms with Crippen molar-refractivity contribution in [2.45, 2.75) is 6.42 Å². The van der Waals surface area contributed by atoms with Crippen LogP contribution in [0.5, 0.6) is 0 Å². The van der Waals surface area contributed by atoms with Gasteiger partial charge in [0.05, 0.1) is 6.20 Å². The van der Waals surface area contributed by atoms with Crippen LogP contribution in [0.2, 0.25) is 0 Å². The molecule has 118 valence electrons. The first-order valence-corrected chi connectivity index (χ1v) is 8.05. The lowest BCUT2D eigenvalue weighted by molar-refractivity contribution is 0.0766. The van der Waals surface area contributed by atoms with Gasteiger partial charge in [0.1, 0.15) is 5.69 Å². The molecule has 1 amide bonds. The van der Waals surface area contributed by atoms with Crippen molar-refractivity contribution < 1.29 is 4.79 Å². The highest BCUT2D eigenvalue weighted by Gasteiger charge is 2.20. The minimum Gasteiger partial charge on any atom is -0.333 e. The van der Waals surface area contributed by atoms with Gasteiger partial charge in [-0.05, 0) is 28.3 Å². The lowest BCUT2D eigenvalue weighted by Gasteiger charge is -2.26. The smallest absolute Gasteiger partial charge is 0.274 e. The van der Waals surface area contributed by atoms with Gasteiger partial charge < -0.3 is 4.90 Å². The topological polar surface area (TPSA) is 46.1 Å². The van der Waals surface area contributed by atoms with E-state index in [2.05, 4.69) is 58.5 Å². The van der Waals surface area contributed by atoms with Gasteiger partial charge in [0, 0.05) is 25.5 Å². The molecule has 0 spiro atoms. The third kappa shape index (κ3) is 2.67. The molecule has 0 saturated carbocycles. The van der Waals surface area contributed by atoms with E-state index >= 15 is 0 Å². The summed E-state index contributed by atoms with van der Waals surface area (Å²) in [5, 5.41) is 2.51. The molecule has 1 aliphatic rings. The second kappa shape index (κ2) is 6.24. The first kappa shape index (κ1) is 14.6. The lowest BCUT2D eigenvalue weighted by Crippen LogP contribution is -2.35. The maximum atomic E-state index is 12.4. The summed E-state index contributed by atoms with van der Waals surface area (Å²) in [5.74, 6) is -0.0590. The molecule has 4 rings (SSSR count). The number of fused-ring (bicyclic) bond motifs is 1. The molecule has 0 unspecified atom stereocenters. The standard InChI is InChI=1S/C20H17N3O/c24-20(19-14-21-10-11-22-19)23-12-8-16(9-13-23)18-7-3-5-15-4-1-2-6-17(15)18/h1-8,10-11,14H,9,12-13H2. The zero-order valence-corrected chi connectivity index (χ0v) is 13.2. The molecule has 0 radical (unpaired) electrons. The van der Waals surface area contributed by atoms with Crippen LogP contribution in [0.25, 0.3) is 16.3 Å². The maximum Gasteiger partial charge on any atom is 0.274 e. The van der Waals surface area contributed by atoms with Crippen molar-refractivity contribution in [1.82, 2.24) is 14.9 Å². The van der Waals surface area contributed by atoms with Crippen LogP contribution in [0.15, 0.2) is 67.1 Å². The SMILES string of the molecule is O=C(c1cnccn1)N1CC=C(c2cccc3ccccc23)CC1. The van der Waals surface area contributed by atoms with Gasteiger partial charge in [-0.15, -0.1) is 0 Å². The summed E-state index contributed by atoms with van der Waals surface area (Å²) in [6.45, 7) is 1.30. The van der Waals surface area contributed by atoms with Gasteiger partial charge in [0.15, 0.2) is 0 Å². The van der Waals surface area contributed by atoms with E-state index in [1.165, 1.54) is 28.1 Å². The predicted molar refractivity (Wildman–Crippen MR) is 94.5 cm³/mol. The Bertz CT molecular complexity index is 913. The highest BCUT2D eigenvalue weighted by Crippen LogP contribution is 2.29. The van der Waals surface area contributed by atoms with Crippen LogP contribution >= 0.6 is 0 Å². The second-order valence-corrected chi connectivity index (χ2v) is 5.85. The number of aromatic nitrogens is 2. The van der Waals surface area contributed by atoms with E-state index in [4.69, 9.17) is 0 Å². The molecule has 0 aliphatic carbocycles. The van der Waals surface area contributed by atoms with E-state index < -0.39 is 0 Å². The largest absolute Gasteiger partial charge is 0.333 e. The molecular formula is C20H17N3O. The van der Waals surface area contributed by atoms with Crippen molar-refractivity contribution in [2.75, 3.05) is 13.1 Å². The van der Waals surface area contributed by atoms with E-state index in [1.807, 2.05) is 4.90 Å². The van der Waals surface area contributed by atoms with Crippen LogP contribution in [0.1, 0.15) is 22.5 Å². The van der Waals surface area contributed by atoms with Gasteiger partial charge in [-0.3, -0.25) is 9.78 Å². The quantitative estimate of drug-likeness (QED) is 0.726. The molecule has 0 saturated heterocycles. The first-order chi connectivity index (χ1) is 11.8. The fourth-order valence-corrected chi connectivity index (χ4v) is 3.18. The van der Waals surface area contributed by atoms with Crippen LogP contribution in [0.3, 0.4) is 0 Å². The summed E-state index contributed by atoms with van der Waals surface area (Å²) in [6.07, 6.45) is 7.64. The number of hydrogen-bond donors (Lipinski definition) is 0. The summed E-state index contributed by atoms with van der Waals surface area (Å²) in [7, 11) is 0. The molecule has 2 aromatic carbocycles. The van der Waals surface area contributed by atoms with Crippen molar-refractivity contribution in [3.8, 4) is 0 Å². The first-order valence-electron chi connectivity index (χ1n) is 8.05. The van der Waals surface area contributed by atoms with Crippen LogP contribution < -0.4 is 0 Å². The number of amides is 1. The molecule has 0 atom stereocenters. The minimum atomic E-state index is -0.0590. The van der Waals surface area contributed by atoms with E-state index in [0.717, 1.165) is 6.42 Å². The fourth-order valence-electron chi connectivity index (χ4n) is 3.18. The summed E-state index contributed by atoms with van der Waals surface area (Å²) in [4.78, 5) is 22.3. The maximum absolute atomic E-state index is 12.4. The van der Waals surface area contributed by atoms with Crippen LogP contribution in [-0.4, -0.2) is 33.9 Å². The Morgan fingerprint density at radius 2 is 1.92 bits per heavy atom. The fraction of sp³-hybridized carbons (Fsp3) is 0.150. The third-order valence-electron chi connectivity index (χ3n) is 4.41. The van der Waals surface area contributed by atoms with Gasteiger partial charge in [0.25, 0.3) is 5.91 Å². The van der Waals surface area contributed by atoms with Crippen molar-refractivity contribution >= 4 is 22.3 Å². The third-order valence-corrected chi connectivity index (χ3v) is 4.41. The number of carbonyl (C=O) groups is 1. The van der Waals surface area contributed by atoms with E-state index in [1.54, 1.807) is 12.4 Å². The van der Waals surface area contributed by atoms with Crippen molar-refractivity contribution in [2.24, 2.45) is 0 Å². The Labute approximate surface area is 140 Å². The molecule has 1 aliphatic heterocycles. The summed E-state index contributed by atoms with van der Waals surface area (Å²) < 4.78 is 0. The number of nitrogens with zero attached hydrogens (tertiary/aromatic N) is 3. The number of rotatable bonds is 2. The summed E-state index contributed by atoms with van der Waals surface area (Å²) in [6, 6.07) is 14.8. The Kier molecular flexibility index (Phi) is 3.79. The zero-order chi connectivity index (χ0) is 16.4. The predicted octanol–water partition coefficient (Wildman–Crippen LogP) is 3.56. The molecule has 24 heavy (non-hydrogen) atoms. The number of carbonyl (C=O) groups excluding carboxylic acids is 1. The second-order valence-electron chi connectivity index (χ2n) is 5.85. The van der Waals surface area contributed by atoms with Gasteiger partial charge in [-0.2, -0.15) is 0 Å². The summed E-state index contributed by atoms with van der Waals surface area (Å²) in [5.41, 5.74) is 2.97. The lowest BCUT2D eigenvalue weighted by atomic mass is 9.94. The Morgan fingerprint density at radius 3 is 2.71 bits per heavy atom. The van der Waals surface area contributed by atoms with Crippen LogP contribution in [0.4, 0.5) is 0 Å². The van der Waals surface area contributed by atoms with Crippen LogP contribution in [-0.2, 0) is 0 Å². The summed E-state index contributed by atoms with van der Waals surface area (Å²) >= 11 is 0. The van der Waals surface area contributed by atoms with E-state index in [0.29, 0.717) is 18.8 Å². The molecule has 0 fully saturated rings. The normalized spacial score (nSPS) is 14.5. The van der Waals surface area contributed by atoms with E-state index in [9.17, 15) is 4.79 Å².